The van der Waals surface area contributed by atoms with E-state index in [0.29, 0.717) is 24.3 Å². The van der Waals surface area contributed by atoms with Crippen LogP contribution in [0.25, 0.3) is 11.1 Å². The largest absolute Gasteiger partial charge is 0.487 e. The molecule has 2 aliphatic heterocycles. The number of fused-ring (bicyclic) bond motifs is 3. The highest BCUT2D eigenvalue weighted by Crippen LogP contribution is 2.36. The minimum absolute atomic E-state index is 0.00805. The average Bonchev–Trinajstić information content (AvgIpc) is 3.39. The quantitative estimate of drug-likeness (QED) is 0.588. The van der Waals surface area contributed by atoms with Crippen LogP contribution in [0.4, 0.5) is 0 Å². The van der Waals surface area contributed by atoms with Crippen LogP contribution in [0.5, 0.6) is 5.75 Å². The molecule has 180 valence electrons. The first kappa shape index (κ1) is 23.1. The van der Waals surface area contributed by atoms with Gasteiger partial charge in [-0.1, -0.05) is 25.1 Å². The molecule has 35 heavy (non-hydrogen) atoms. The van der Waals surface area contributed by atoms with Crippen molar-refractivity contribution >= 4 is 11.8 Å². The van der Waals surface area contributed by atoms with E-state index in [1.807, 2.05) is 60.5 Å². The minimum Gasteiger partial charge on any atom is -0.487 e. The van der Waals surface area contributed by atoms with Gasteiger partial charge in [-0.2, -0.15) is 0 Å². The first-order valence-corrected chi connectivity index (χ1v) is 12.1. The number of amides is 2. The summed E-state index contributed by atoms with van der Waals surface area (Å²) in [5.41, 5.74) is 5.13. The summed E-state index contributed by atoms with van der Waals surface area (Å²) >= 11 is 0. The number of aromatic nitrogens is 1. The van der Waals surface area contributed by atoms with Crippen LogP contribution in [-0.4, -0.2) is 52.9 Å². The van der Waals surface area contributed by atoms with Crippen LogP contribution < -0.4 is 10.1 Å². The Morgan fingerprint density at radius 2 is 2.03 bits per heavy atom. The lowest BCUT2D eigenvalue weighted by Gasteiger charge is -2.32. The summed E-state index contributed by atoms with van der Waals surface area (Å²) in [7, 11) is 1.88. The zero-order chi connectivity index (χ0) is 24.4. The fourth-order valence-corrected chi connectivity index (χ4v) is 5.04. The predicted molar refractivity (Wildman–Crippen MR) is 134 cm³/mol. The Hall–Kier alpha value is -3.71. The second-order valence-electron chi connectivity index (χ2n) is 9.08. The number of likely N-dealkylation sites (tertiary alicyclic amines) is 1. The highest BCUT2D eigenvalue weighted by Gasteiger charge is 2.30. The molecule has 3 heterocycles. The van der Waals surface area contributed by atoms with Gasteiger partial charge < -0.3 is 15.0 Å². The number of benzene rings is 2. The molecule has 5 rings (SSSR count). The van der Waals surface area contributed by atoms with Crippen molar-refractivity contribution in [3.05, 3.63) is 83.2 Å². The zero-order valence-electron chi connectivity index (χ0n) is 20.2. The zero-order valence-corrected chi connectivity index (χ0v) is 20.2. The summed E-state index contributed by atoms with van der Waals surface area (Å²) in [6.45, 7) is 4.85. The van der Waals surface area contributed by atoms with Crippen LogP contribution in [-0.2, 0) is 13.2 Å². The van der Waals surface area contributed by atoms with Crippen LogP contribution in [0.2, 0.25) is 0 Å². The Morgan fingerprint density at radius 1 is 1.14 bits per heavy atom. The van der Waals surface area contributed by atoms with Crippen molar-refractivity contribution in [2.24, 2.45) is 0 Å². The van der Waals surface area contributed by atoms with Gasteiger partial charge in [0.2, 0.25) is 0 Å². The molecule has 0 bridgehead atoms. The topological polar surface area (TPSA) is 74.8 Å². The van der Waals surface area contributed by atoms with Crippen LogP contribution in [0.3, 0.4) is 0 Å². The maximum Gasteiger partial charge on any atom is 0.254 e. The molecule has 7 heteroatoms. The van der Waals surface area contributed by atoms with Gasteiger partial charge in [-0.25, -0.2) is 0 Å². The molecule has 1 unspecified atom stereocenters. The second kappa shape index (κ2) is 9.88. The molecule has 2 aliphatic rings. The lowest BCUT2D eigenvalue weighted by molar-refractivity contribution is 0.0547. The molecular formula is C28H30N4O3. The van der Waals surface area contributed by atoms with E-state index in [1.165, 1.54) is 0 Å². The molecule has 2 amide bonds. The average molecular weight is 471 g/mol. The maximum atomic E-state index is 13.1. The summed E-state index contributed by atoms with van der Waals surface area (Å²) in [5.74, 6) is 0.605. The van der Waals surface area contributed by atoms with Crippen molar-refractivity contribution in [1.29, 1.82) is 0 Å². The summed E-state index contributed by atoms with van der Waals surface area (Å²) in [6, 6.07) is 15.1. The molecule has 1 saturated heterocycles. The van der Waals surface area contributed by atoms with E-state index >= 15 is 0 Å². The molecule has 0 spiro atoms. The van der Waals surface area contributed by atoms with Gasteiger partial charge in [0.1, 0.15) is 12.4 Å². The van der Waals surface area contributed by atoms with Gasteiger partial charge in [-0.15, -0.1) is 0 Å². The molecule has 0 radical (unpaired) electrons. The van der Waals surface area contributed by atoms with Crippen molar-refractivity contribution in [3.8, 4) is 16.9 Å². The van der Waals surface area contributed by atoms with Gasteiger partial charge in [0.15, 0.2) is 0 Å². The molecule has 0 saturated carbocycles. The monoisotopic (exact) mass is 470 g/mol. The molecule has 3 aromatic rings. The number of carbonyl (C=O) groups excluding carboxylic acids is 2. The highest BCUT2D eigenvalue weighted by atomic mass is 16.5. The maximum absolute atomic E-state index is 13.1. The number of rotatable bonds is 6. The van der Waals surface area contributed by atoms with E-state index in [4.69, 9.17) is 4.74 Å². The third-order valence-electron chi connectivity index (χ3n) is 6.96. The fraction of sp³-hybridized carbons (Fsp3) is 0.321. The summed E-state index contributed by atoms with van der Waals surface area (Å²) < 4.78 is 5.79. The smallest absolute Gasteiger partial charge is 0.254 e. The van der Waals surface area contributed by atoms with Gasteiger partial charge in [0, 0.05) is 43.0 Å². The van der Waals surface area contributed by atoms with E-state index in [-0.39, 0.29) is 18.0 Å². The standard InChI is InChI=1S/C28H30N4O3/c1-3-32-13-5-8-26(32)31(2)28(34)21-7-4-6-19(14-21)16-30-27(33)20-9-10-23-22(15-20)18-35-25-17-29-12-11-24(23)25/h4,6-7,9-12,14-15,17,26H,3,5,8,13,16,18H2,1-2H3,(H,30,33). The van der Waals surface area contributed by atoms with E-state index < -0.39 is 0 Å². The van der Waals surface area contributed by atoms with Crippen LogP contribution >= 0.6 is 0 Å². The summed E-state index contributed by atoms with van der Waals surface area (Å²) in [4.78, 5) is 34.3. The van der Waals surface area contributed by atoms with Crippen molar-refractivity contribution in [2.45, 2.75) is 39.1 Å². The minimum atomic E-state index is -0.160. The number of pyridine rings is 1. The predicted octanol–water partition coefficient (Wildman–Crippen LogP) is 4.08. The van der Waals surface area contributed by atoms with Crippen LogP contribution in [0.1, 0.15) is 51.6 Å². The van der Waals surface area contributed by atoms with Gasteiger partial charge in [0.05, 0.1) is 12.4 Å². The van der Waals surface area contributed by atoms with Crippen molar-refractivity contribution in [1.82, 2.24) is 20.1 Å². The Morgan fingerprint density at radius 3 is 2.89 bits per heavy atom. The van der Waals surface area contributed by atoms with Gasteiger partial charge in [-0.3, -0.25) is 19.5 Å². The lowest BCUT2D eigenvalue weighted by atomic mass is 9.96. The Kier molecular flexibility index (Phi) is 6.51. The second-order valence-corrected chi connectivity index (χ2v) is 9.08. The Balaban J connectivity index is 1.25. The number of carbonyl (C=O) groups is 2. The Bertz CT molecular complexity index is 1260. The summed E-state index contributed by atoms with van der Waals surface area (Å²) in [6.07, 6.45) is 5.71. The van der Waals surface area contributed by atoms with Gasteiger partial charge in [-0.05, 0) is 66.4 Å². The fourth-order valence-electron chi connectivity index (χ4n) is 5.04. The molecule has 2 aromatic carbocycles. The number of ether oxygens (including phenoxy) is 1. The number of hydrogen-bond acceptors (Lipinski definition) is 5. The van der Waals surface area contributed by atoms with Gasteiger partial charge >= 0.3 is 0 Å². The molecule has 1 N–H and O–H groups in total. The van der Waals surface area contributed by atoms with Crippen LogP contribution in [0.15, 0.2) is 60.9 Å². The molecule has 1 aromatic heterocycles. The van der Waals surface area contributed by atoms with Gasteiger partial charge in [0.25, 0.3) is 11.8 Å². The van der Waals surface area contributed by atoms with E-state index in [2.05, 4.69) is 22.1 Å². The molecule has 1 fully saturated rings. The first-order chi connectivity index (χ1) is 17.0. The normalized spacial score (nSPS) is 16.7. The van der Waals surface area contributed by atoms with Crippen LogP contribution in [0, 0.1) is 0 Å². The van der Waals surface area contributed by atoms with Crippen molar-refractivity contribution < 1.29 is 14.3 Å². The van der Waals surface area contributed by atoms with E-state index in [0.717, 1.165) is 53.9 Å². The lowest BCUT2D eigenvalue weighted by Crippen LogP contribution is -2.45. The number of nitrogens with zero attached hydrogens (tertiary/aromatic N) is 3. The van der Waals surface area contributed by atoms with Crippen molar-refractivity contribution in [2.75, 3.05) is 20.1 Å². The van der Waals surface area contributed by atoms with E-state index in [1.54, 1.807) is 12.4 Å². The number of hydrogen-bond donors (Lipinski definition) is 1. The van der Waals surface area contributed by atoms with Crippen molar-refractivity contribution in [3.63, 3.8) is 0 Å². The summed E-state index contributed by atoms with van der Waals surface area (Å²) in [5, 5.41) is 2.98. The first-order valence-electron chi connectivity index (χ1n) is 12.1. The third kappa shape index (κ3) is 4.64. The SMILES string of the molecule is CCN1CCCC1N(C)C(=O)c1cccc(CNC(=O)c2ccc3c(c2)COc2cnccc2-3)c1. The van der Waals surface area contributed by atoms with E-state index in [9.17, 15) is 9.59 Å². The Labute approximate surface area is 205 Å². The molecular weight excluding hydrogens is 440 g/mol. The molecule has 1 atom stereocenters. The molecule has 0 aliphatic carbocycles. The molecule has 7 nitrogen and oxygen atoms in total. The highest BCUT2D eigenvalue weighted by molar-refractivity contribution is 5.96. The third-order valence-corrected chi connectivity index (χ3v) is 6.96. The number of nitrogens with one attached hydrogen (secondary N) is 1.